The second-order valence-corrected chi connectivity index (χ2v) is 5.64. The maximum Gasteiger partial charge on any atom is 0.273 e. The number of ether oxygens (including phenoxy) is 1. The van der Waals surface area contributed by atoms with Crippen molar-refractivity contribution in [2.24, 2.45) is 5.73 Å². The fourth-order valence-corrected chi connectivity index (χ4v) is 2.61. The van der Waals surface area contributed by atoms with E-state index < -0.39 is 0 Å². The van der Waals surface area contributed by atoms with Crippen molar-refractivity contribution in [2.75, 3.05) is 14.2 Å². The van der Waals surface area contributed by atoms with E-state index in [2.05, 4.69) is 4.98 Å². The predicted molar refractivity (Wildman–Crippen MR) is 83.5 cm³/mol. The van der Waals surface area contributed by atoms with Gasteiger partial charge in [-0.1, -0.05) is 12.1 Å². The van der Waals surface area contributed by atoms with Gasteiger partial charge in [0.2, 0.25) is 0 Å². The average Bonchev–Trinajstić information content (AvgIpc) is 3.02. The van der Waals surface area contributed by atoms with Crippen LogP contribution in [0.1, 0.15) is 34.0 Å². The van der Waals surface area contributed by atoms with E-state index in [4.69, 9.17) is 10.5 Å². The fourth-order valence-electron chi connectivity index (χ4n) is 1.97. The van der Waals surface area contributed by atoms with Gasteiger partial charge in [-0.15, -0.1) is 11.3 Å². The Morgan fingerprint density at radius 2 is 2.10 bits per heavy atom. The third-order valence-electron chi connectivity index (χ3n) is 3.44. The Balaban J connectivity index is 2.13. The average molecular weight is 305 g/mol. The smallest absolute Gasteiger partial charge is 0.273 e. The number of aromatic nitrogens is 1. The first-order valence-corrected chi connectivity index (χ1v) is 7.50. The summed E-state index contributed by atoms with van der Waals surface area (Å²) in [7, 11) is 3.41. The lowest BCUT2D eigenvalue weighted by Gasteiger charge is -2.24. The van der Waals surface area contributed by atoms with Crippen LogP contribution in [0.2, 0.25) is 0 Å². The molecule has 0 saturated carbocycles. The zero-order valence-corrected chi connectivity index (χ0v) is 13.2. The number of hydrogen-bond acceptors (Lipinski definition) is 5. The third kappa shape index (κ3) is 3.40. The molecule has 1 heterocycles. The molecule has 0 radical (unpaired) electrons. The van der Waals surface area contributed by atoms with Crippen molar-refractivity contribution in [1.82, 2.24) is 9.88 Å². The summed E-state index contributed by atoms with van der Waals surface area (Å²) in [6, 6.07) is 7.64. The summed E-state index contributed by atoms with van der Waals surface area (Å²) in [6.45, 7) is 2.34. The van der Waals surface area contributed by atoms with E-state index in [-0.39, 0.29) is 11.9 Å². The van der Waals surface area contributed by atoms with Crippen molar-refractivity contribution in [3.63, 3.8) is 0 Å². The van der Waals surface area contributed by atoms with Crippen molar-refractivity contribution in [2.45, 2.75) is 19.5 Å². The Kier molecular flexibility index (Phi) is 4.93. The Bertz CT molecular complexity index is 610. The third-order valence-corrected chi connectivity index (χ3v) is 4.32. The van der Waals surface area contributed by atoms with Gasteiger partial charge in [-0.3, -0.25) is 4.79 Å². The molecular weight excluding hydrogens is 286 g/mol. The van der Waals surface area contributed by atoms with Crippen LogP contribution in [0.4, 0.5) is 0 Å². The van der Waals surface area contributed by atoms with Crippen LogP contribution in [-0.2, 0) is 6.54 Å². The number of nitrogens with zero attached hydrogens (tertiary/aromatic N) is 2. The van der Waals surface area contributed by atoms with E-state index in [1.807, 2.05) is 31.2 Å². The number of nitrogens with two attached hydrogens (primary N) is 1. The number of amides is 1. The van der Waals surface area contributed by atoms with Crippen molar-refractivity contribution in [3.05, 3.63) is 45.9 Å². The Morgan fingerprint density at radius 3 is 2.62 bits per heavy atom. The van der Waals surface area contributed by atoms with Gasteiger partial charge >= 0.3 is 0 Å². The molecule has 0 bridgehead atoms. The standard InChI is InChI=1S/C15H19N3O2S/c1-10(11-4-6-12(20-3)7-5-11)18(2)15(19)13-9-21-14(8-16)17-13/h4-7,9-10H,8,16H2,1-3H3. The molecule has 112 valence electrons. The van der Waals surface area contributed by atoms with Crippen molar-refractivity contribution < 1.29 is 9.53 Å². The lowest BCUT2D eigenvalue weighted by Crippen LogP contribution is -2.30. The zero-order chi connectivity index (χ0) is 15.4. The number of methoxy groups -OCH3 is 1. The molecule has 1 aromatic heterocycles. The number of hydrogen-bond donors (Lipinski definition) is 1. The van der Waals surface area contributed by atoms with Crippen LogP contribution < -0.4 is 10.5 Å². The Morgan fingerprint density at radius 1 is 1.43 bits per heavy atom. The molecule has 0 aliphatic carbocycles. The van der Waals surface area contributed by atoms with Crippen LogP contribution >= 0.6 is 11.3 Å². The molecule has 0 spiro atoms. The first-order valence-electron chi connectivity index (χ1n) is 6.62. The normalized spacial score (nSPS) is 12.0. The lowest BCUT2D eigenvalue weighted by molar-refractivity contribution is 0.0737. The van der Waals surface area contributed by atoms with Crippen LogP contribution in [0.15, 0.2) is 29.6 Å². The molecule has 21 heavy (non-hydrogen) atoms. The first kappa shape index (κ1) is 15.5. The molecular formula is C15H19N3O2S. The highest BCUT2D eigenvalue weighted by Gasteiger charge is 2.21. The molecule has 1 amide bonds. The number of carbonyl (C=O) groups excluding carboxylic acids is 1. The second kappa shape index (κ2) is 6.69. The molecule has 2 aromatic rings. The molecule has 2 N–H and O–H groups in total. The summed E-state index contributed by atoms with van der Waals surface area (Å²) in [5, 5.41) is 2.52. The highest BCUT2D eigenvalue weighted by Crippen LogP contribution is 2.23. The van der Waals surface area contributed by atoms with Gasteiger partial charge in [0.25, 0.3) is 5.91 Å². The highest BCUT2D eigenvalue weighted by atomic mass is 32.1. The van der Waals surface area contributed by atoms with Crippen molar-refractivity contribution in [3.8, 4) is 5.75 Å². The molecule has 1 atom stereocenters. The minimum atomic E-state index is -0.103. The predicted octanol–water partition coefficient (Wildman–Crippen LogP) is 2.44. The maximum absolute atomic E-state index is 12.4. The SMILES string of the molecule is COc1ccc(C(C)N(C)C(=O)c2csc(CN)n2)cc1. The molecule has 1 unspecified atom stereocenters. The maximum atomic E-state index is 12.4. The summed E-state index contributed by atoms with van der Waals surface area (Å²) >= 11 is 1.41. The Hall–Kier alpha value is -1.92. The molecule has 0 aliphatic rings. The lowest BCUT2D eigenvalue weighted by atomic mass is 10.1. The number of carbonyl (C=O) groups is 1. The molecule has 6 heteroatoms. The monoisotopic (exact) mass is 305 g/mol. The van der Waals surface area contributed by atoms with E-state index in [9.17, 15) is 4.79 Å². The molecule has 0 saturated heterocycles. The minimum absolute atomic E-state index is 0.0496. The van der Waals surface area contributed by atoms with Gasteiger partial charge < -0.3 is 15.4 Å². The van der Waals surface area contributed by atoms with E-state index in [1.54, 1.807) is 24.4 Å². The summed E-state index contributed by atoms with van der Waals surface area (Å²) in [5.74, 6) is 0.696. The van der Waals surface area contributed by atoms with Gasteiger partial charge in [-0.05, 0) is 24.6 Å². The van der Waals surface area contributed by atoms with Crippen LogP contribution in [0, 0.1) is 0 Å². The van der Waals surface area contributed by atoms with Crippen LogP contribution in [0.3, 0.4) is 0 Å². The molecule has 0 fully saturated rings. The second-order valence-electron chi connectivity index (χ2n) is 4.70. The van der Waals surface area contributed by atoms with E-state index >= 15 is 0 Å². The number of rotatable bonds is 5. The van der Waals surface area contributed by atoms with Crippen LogP contribution in [0.5, 0.6) is 5.75 Å². The van der Waals surface area contributed by atoms with Gasteiger partial charge in [0.05, 0.1) is 13.2 Å². The number of benzene rings is 1. The first-order chi connectivity index (χ1) is 10.1. The molecule has 2 rings (SSSR count). The molecule has 5 nitrogen and oxygen atoms in total. The van der Waals surface area contributed by atoms with E-state index in [0.717, 1.165) is 16.3 Å². The van der Waals surface area contributed by atoms with Gasteiger partial charge in [0.15, 0.2) is 0 Å². The topological polar surface area (TPSA) is 68.5 Å². The summed E-state index contributed by atoms with van der Waals surface area (Å²) in [5.41, 5.74) is 7.02. The van der Waals surface area contributed by atoms with Crippen molar-refractivity contribution in [1.29, 1.82) is 0 Å². The Labute approximate surface area is 128 Å². The molecule has 1 aromatic carbocycles. The summed E-state index contributed by atoms with van der Waals surface area (Å²) < 4.78 is 5.14. The van der Waals surface area contributed by atoms with Crippen LogP contribution in [0.25, 0.3) is 0 Å². The highest BCUT2D eigenvalue weighted by molar-refractivity contribution is 7.09. The quantitative estimate of drug-likeness (QED) is 0.921. The number of thiazole rings is 1. The van der Waals surface area contributed by atoms with Gasteiger partial charge in [-0.2, -0.15) is 0 Å². The van der Waals surface area contributed by atoms with Crippen LogP contribution in [-0.4, -0.2) is 29.9 Å². The van der Waals surface area contributed by atoms with Gasteiger partial charge in [-0.25, -0.2) is 4.98 Å². The van der Waals surface area contributed by atoms with Gasteiger partial charge in [0.1, 0.15) is 16.5 Å². The molecule has 0 aliphatic heterocycles. The largest absolute Gasteiger partial charge is 0.497 e. The minimum Gasteiger partial charge on any atom is -0.497 e. The summed E-state index contributed by atoms with van der Waals surface area (Å²) in [6.07, 6.45) is 0. The van der Waals surface area contributed by atoms with E-state index in [1.165, 1.54) is 11.3 Å². The fraction of sp³-hybridized carbons (Fsp3) is 0.333. The summed E-state index contributed by atoms with van der Waals surface area (Å²) in [4.78, 5) is 18.3. The van der Waals surface area contributed by atoms with Crippen molar-refractivity contribution >= 4 is 17.2 Å². The van der Waals surface area contributed by atoms with E-state index in [0.29, 0.717) is 12.2 Å². The van der Waals surface area contributed by atoms with Gasteiger partial charge in [0, 0.05) is 19.0 Å². The zero-order valence-electron chi connectivity index (χ0n) is 12.4.